The summed E-state index contributed by atoms with van der Waals surface area (Å²) < 4.78 is 10.0. The zero-order valence-corrected chi connectivity index (χ0v) is 10.1. The van der Waals surface area contributed by atoms with Crippen LogP contribution in [0.1, 0.15) is 12.5 Å². The van der Waals surface area contributed by atoms with Crippen LogP contribution in [0.3, 0.4) is 0 Å². The molecule has 4 nitrogen and oxygen atoms in total. The normalized spacial score (nSPS) is 10.0. The number of benzene rings is 1. The lowest BCUT2D eigenvalue weighted by Gasteiger charge is -2.14. The Morgan fingerprint density at radius 2 is 2.06 bits per heavy atom. The van der Waals surface area contributed by atoms with Crippen LogP contribution in [0.5, 0.6) is 17.2 Å². The lowest BCUT2D eigenvalue weighted by molar-refractivity contribution is -0.116. The Morgan fingerprint density at radius 1 is 1.44 bits per heavy atom. The van der Waals surface area contributed by atoms with Gasteiger partial charge in [-0.15, -0.1) is 0 Å². The number of carbonyl (C=O) groups is 1. The van der Waals surface area contributed by atoms with Gasteiger partial charge in [0.1, 0.15) is 28.1 Å². The quantitative estimate of drug-likeness (QED) is 0.882. The van der Waals surface area contributed by atoms with E-state index in [-0.39, 0.29) is 28.7 Å². The number of methoxy groups -OCH3 is 2. The van der Waals surface area contributed by atoms with Crippen molar-refractivity contribution in [3.63, 3.8) is 0 Å². The second-order valence-corrected chi connectivity index (χ2v) is 3.68. The van der Waals surface area contributed by atoms with E-state index in [1.165, 1.54) is 27.2 Å². The van der Waals surface area contributed by atoms with Crippen LogP contribution in [0, 0.1) is 0 Å². The minimum absolute atomic E-state index is 0.0618. The first-order valence-corrected chi connectivity index (χ1v) is 5.00. The fourth-order valence-corrected chi connectivity index (χ4v) is 1.74. The number of aromatic hydroxyl groups is 1. The summed E-state index contributed by atoms with van der Waals surface area (Å²) in [5.41, 5.74) is 0.376. The van der Waals surface area contributed by atoms with E-state index in [1.807, 2.05) is 0 Å². The van der Waals surface area contributed by atoms with Crippen LogP contribution in [0.15, 0.2) is 6.07 Å². The van der Waals surface area contributed by atoms with Gasteiger partial charge in [-0.25, -0.2) is 0 Å². The van der Waals surface area contributed by atoms with Crippen LogP contribution in [-0.2, 0) is 11.2 Å². The first-order valence-electron chi connectivity index (χ1n) is 4.63. The lowest BCUT2D eigenvalue weighted by Crippen LogP contribution is -2.01. The summed E-state index contributed by atoms with van der Waals surface area (Å²) in [6.07, 6.45) is 0.0682. The van der Waals surface area contributed by atoms with E-state index in [1.54, 1.807) is 0 Å². The lowest BCUT2D eigenvalue weighted by atomic mass is 10.1. The minimum Gasteiger partial charge on any atom is -0.507 e. The van der Waals surface area contributed by atoms with Gasteiger partial charge in [-0.3, -0.25) is 4.79 Å². The number of carbonyl (C=O) groups excluding carboxylic acids is 1. The first kappa shape index (κ1) is 12.6. The fourth-order valence-electron chi connectivity index (χ4n) is 1.42. The average Bonchev–Trinajstić information content (AvgIpc) is 2.23. The molecular formula is C11H13ClO4. The molecule has 1 aromatic rings. The van der Waals surface area contributed by atoms with Crippen molar-refractivity contribution in [1.29, 1.82) is 0 Å². The number of halogens is 1. The Balaban J connectivity index is 3.36. The van der Waals surface area contributed by atoms with Gasteiger partial charge >= 0.3 is 0 Å². The average molecular weight is 245 g/mol. The monoisotopic (exact) mass is 244 g/mol. The summed E-state index contributed by atoms with van der Waals surface area (Å²) in [7, 11) is 2.86. The fraction of sp³-hybridized carbons (Fsp3) is 0.364. The molecule has 0 saturated heterocycles. The van der Waals surface area contributed by atoms with E-state index in [2.05, 4.69) is 0 Å². The van der Waals surface area contributed by atoms with E-state index in [4.69, 9.17) is 21.1 Å². The summed E-state index contributed by atoms with van der Waals surface area (Å²) in [5.74, 6) is 0.431. The Hall–Kier alpha value is -1.42. The van der Waals surface area contributed by atoms with Crippen LogP contribution in [0.2, 0.25) is 5.02 Å². The maximum absolute atomic E-state index is 11.1. The Bertz CT molecular complexity index is 415. The molecule has 0 amide bonds. The highest BCUT2D eigenvalue weighted by atomic mass is 35.5. The number of ketones is 1. The van der Waals surface area contributed by atoms with E-state index < -0.39 is 0 Å². The van der Waals surface area contributed by atoms with E-state index in [0.29, 0.717) is 11.3 Å². The largest absolute Gasteiger partial charge is 0.507 e. The van der Waals surface area contributed by atoms with Crippen molar-refractivity contribution in [2.75, 3.05) is 14.2 Å². The number of phenolic OH excluding ortho intramolecular Hbond substituents is 1. The van der Waals surface area contributed by atoms with Crippen molar-refractivity contribution in [3.05, 3.63) is 16.7 Å². The topological polar surface area (TPSA) is 55.8 Å². The highest BCUT2D eigenvalue weighted by molar-refractivity contribution is 6.33. The molecule has 1 N–H and O–H groups in total. The van der Waals surface area contributed by atoms with E-state index >= 15 is 0 Å². The van der Waals surface area contributed by atoms with Crippen molar-refractivity contribution in [2.24, 2.45) is 0 Å². The van der Waals surface area contributed by atoms with Gasteiger partial charge in [-0.2, -0.15) is 0 Å². The van der Waals surface area contributed by atoms with Gasteiger partial charge in [0.25, 0.3) is 0 Å². The molecule has 0 saturated carbocycles. The molecule has 0 aliphatic heterocycles. The van der Waals surface area contributed by atoms with Gasteiger partial charge in [-0.05, 0) is 6.92 Å². The third-order valence-electron chi connectivity index (χ3n) is 2.12. The standard InChI is InChI=1S/C11H13ClO4/c1-6(13)4-7-8(14)5-9(15-2)10(12)11(7)16-3/h5,14H,4H2,1-3H3. The van der Waals surface area contributed by atoms with Gasteiger partial charge < -0.3 is 14.6 Å². The van der Waals surface area contributed by atoms with Crippen molar-refractivity contribution < 1.29 is 19.4 Å². The van der Waals surface area contributed by atoms with Gasteiger partial charge in [0, 0.05) is 18.1 Å². The summed E-state index contributed by atoms with van der Waals surface area (Å²) >= 11 is 6.00. The second kappa shape index (κ2) is 5.07. The predicted molar refractivity (Wildman–Crippen MR) is 60.6 cm³/mol. The predicted octanol–water partition coefficient (Wildman–Crippen LogP) is 2.19. The van der Waals surface area contributed by atoms with Crippen molar-refractivity contribution in [2.45, 2.75) is 13.3 Å². The zero-order valence-electron chi connectivity index (χ0n) is 9.33. The number of hydrogen-bond donors (Lipinski definition) is 1. The smallest absolute Gasteiger partial charge is 0.148 e. The molecular weight excluding hydrogens is 232 g/mol. The first-order chi connectivity index (χ1) is 7.51. The summed E-state index contributed by atoms with van der Waals surface area (Å²) in [5, 5.41) is 9.99. The number of rotatable bonds is 4. The molecule has 0 aliphatic rings. The van der Waals surface area contributed by atoms with E-state index in [9.17, 15) is 9.90 Å². The van der Waals surface area contributed by atoms with Crippen LogP contribution >= 0.6 is 11.6 Å². The Kier molecular flexibility index (Phi) is 4.01. The molecule has 88 valence electrons. The molecule has 5 heteroatoms. The van der Waals surface area contributed by atoms with Crippen molar-refractivity contribution in [1.82, 2.24) is 0 Å². The summed E-state index contributed by atoms with van der Waals surface area (Å²) in [6, 6.07) is 1.36. The highest BCUT2D eigenvalue weighted by Gasteiger charge is 2.19. The number of phenols is 1. The third kappa shape index (κ3) is 2.39. The molecule has 0 bridgehead atoms. The molecule has 1 aromatic carbocycles. The Labute approximate surface area is 98.7 Å². The summed E-state index contributed by atoms with van der Waals surface area (Å²) in [4.78, 5) is 11.1. The maximum atomic E-state index is 11.1. The number of Topliss-reactive ketones (excluding diaryl/α,β-unsaturated/α-hetero) is 1. The molecule has 0 atom stereocenters. The van der Waals surface area contributed by atoms with Crippen LogP contribution in [0.25, 0.3) is 0 Å². The van der Waals surface area contributed by atoms with Crippen molar-refractivity contribution in [3.8, 4) is 17.2 Å². The molecule has 16 heavy (non-hydrogen) atoms. The van der Waals surface area contributed by atoms with Crippen LogP contribution in [0.4, 0.5) is 0 Å². The maximum Gasteiger partial charge on any atom is 0.148 e. The van der Waals surface area contributed by atoms with Gasteiger partial charge in [0.15, 0.2) is 0 Å². The van der Waals surface area contributed by atoms with Gasteiger partial charge in [0.05, 0.1) is 14.2 Å². The SMILES string of the molecule is COc1cc(O)c(CC(C)=O)c(OC)c1Cl. The minimum atomic E-state index is -0.0881. The van der Waals surface area contributed by atoms with Gasteiger partial charge in [-0.1, -0.05) is 11.6 Å². The molecule has 0 fully saturated rings. The van der Waals surface area contributed by atoms with Crippen molar-refractivity contribution >= 4 is 17.4 Å². The van der Waals surface area contributed by atoms with E-state index in [0.717, 1.165) is 0 Å². The van der Waals surface area contributed by atoms with Gasteiger partial charge in [0.2, 0.25) is 0 Å². The zero-order chi connectivity index (χ0) is 12.3. The molecule has 0 unspecified atom stereocenters. The van der Waals surface area contributed by atoms with Crippen LogP contribution < -0.4 is 9.47 Å². The molecule has 0 spiro atoms. The highest BCUT2D eigenvalue weighted by Crippen LogP contribution is 2.42. The van der Waals surface area contributed by atoms with Crippen LogP contribution in [-0.4, -0.2) is 25.1 Å². The molecule has 0 aliphatic carbocycles. The third-order valence-corrected chi connectivity index (χ3v) is 2.47. The molecule has 1 rings (SSSR count). The molecule has 0 aromatic heterocycles. The number of hydrogen-bond acceptors (Lipinski definition) is 4. The second-order valence-electron chi connectivity index (χ2n) is 3.30. The summed E-state index contributed by atoms with van der Waals surface area (Å²) in [6.45, 7) is 1.43. The Morgan fingerprint density at radius 3 is 2.50 bits per heavy atom. The number of ether oxygens (including phenoxy) is 2. The molecule has 0 radical (unpaired) electrons. The molecule has 0 heterocycles.